The molecule has 0 amide bonds. The predicted molar refractivity (Wildman–Crippen MR) is 80.8 cm³/mol. The molecule has 18 heavy (non-hydrogen) atoms. The van der Waals surface area contributed by atoms with Crippen molar-refractivity contribution in [1.82, 2.24) is 10.2 Å². The van der Waals surface area contributed by atoms with Crippen LogP contribution in [0.1, 0.15) is 26.7 Å². The highest BCUT2D eigenvalue weighted by Crippen LogP contribution is 2.13. The SMILES string of the molecule is C=C/C(=C\C=C(C)C)CNCC1CCCN(C)C1. The van der Waals surface area contributed by atoms with Crippen LogP contribution in [0.25, 0.3) is 0 Å². The minimum atomic E-state index is 0.804. The summed E-state index contributed by atoms with van der Waals surface area (Å²) in [6.45, 7) is 12.6. The van der Waals surface area contributed by atoms with Gasteiger partial charge in [-0.15, -0.1) is 0 Å². The largest absolute Gasteiger partial charge is 0.312 e. The Morgan fingerprint density at radius 2 is 2.17 bits per heavy atom. The van der Waals surface area contributed by atoms with Crippen LogP contribution < -0.4 is 5.32 Å². The summed E-state index contributed by atoms with van der Waals surface area (Å²) in [6, 6.07) is 0. The van der Waals surface area contributed by atoms with Gasteiger partial charge in [-0.05, 0) is 58.3 Å². The minimum Gasteiger partial charge on any atom is -0.312 e. The lowest BCUT2D eigenvalue weighted by atomic mass is 9.98. The number of hydrogen-bond acceptors (Lipinski definition) is 2. The Bertz CT molecular complexity index is 311. The summed E-state index contributed by atoms with van der Waals surface area (Å²) in [5.74, 6) is 0.804. The van der Waals surface area contributed by atoms with E-state index in [2.05, 4.69) is 49.8 Å². The molecule has 2 nitrogen and oxygen atoms in total. The molecule has 1 fully saturated rings. The van der Waals surface area contributed by atoms with Crippen LogP contribution in [0.15, 0.2) is 36.0 Å². The number of rotatable bonds is 6. The van der Waals surface area contributed by atoms with Gasteiger partial charge in [0.05, 0.1) is 0 Å². The first-order valence-corrected chi connectivity index (χ1v) is 6.97. The fourth-order valence-electron chi connectivity index (χ4n) is 2.33. The number of likely N-dealkylation sites (tertiary alicyclic amines) is 1. The van der Waals surface area contributed by atoms with Gasteiger partial charge in [0.2, 0.25) is 0 Å². The monoisotopic (exact) mass is 248 g/mol. The average molecular weight is 248 g/mol. The summed E-state index contributed by atoms with van der Waals surface area (Å²) in [5.41, 5.74) is 2.59. The third-order valence-electron chi connectivity index (χ3n) is 3.38. The molecule has 0 aromatic carbocycles. The van der Waals surface area contributed by atoms with Gasteiger partial charge in [-0.2, -0.15) is 0 Å². The summed E-state index contributed by atoms with van der Waals surface area (Å²) in [6.07, 6.45) is 8.94. The first-order chi connectivity index (χ1) is 8.61. The van der Waals surface area contributed by atoms with Gasteiger partial charge in [-0.1, -0.05) is 30.4 Å². The molecule has 0 aromatic heterocycles. The van der Waals surface area contributed by atoms with Gasteiger partial charge < -0.3 is 10.2 Å². The van der Waals surface area contributed by atoms with Gasteiger partial charge in [0.1, 0.15) is 0 Å². The van der Waals surface area contributed by atoms with Crippen LogP contribution in [0, 0.1) is 5.92 Å². The zero-order valence-electron chi connectivity index (χ0n) is 12.2. The summed E-state index contributed by atoms with van der Waals surface area (Å²) < 4.78 is 0. The highest BCUT2D eigenvalue weighted by atomic mass is 15.1. The third kappa shape index (κ3) is 6.18. The van der Waals surface area contributed by atoms with Crippen LogP contribution in [-0.2, 0) is 0 Å². The number of nitrogens with one attached hydrogen (secondary N) is 1. The molecular weight excluding hydrogens is 220 g/mol. The Kier molecular flexibility index (Phi) is 6.99. The lowest BCUT2D eigenvalue weighted by Gasteiger charge is -2.29. The Balaban J connectivity index is 2.29. The van der Waals surface area contributed by atoms with Crippen LogP contribution in [0.5, 0.6) is 0 Å². The second kappa shape index (κ2) is 8.28. The van der Waals surface area contributed by atoms with Gasteiger partial charge >= 0.3 is 0 Å². The molecule has 0 aliphatic carbocycles. The van der Waals surface area contributed by atoms with Gasteiger partial charge in [0.25, 0.3) is 0 Å². The summed E-state index contributed by atoms with van der Waals surface area (Å²) in [5, 5.41) is 3.55. The molecule has 0 aromatic rings. The van der Waals surface area contributed by atoms with E-state index in [1.165, 1.54) is 37.1 Å². The van der Waals surface area contributed by atoms with E-state index in [0.29, 0.717) is 0 Å². The van der Waals surface area contributed by atoms with E-state index in [9.17, 15) is 0 Å². The van der Waals surface area contributed by atoms with Crippen LogP contribution in [-0.4, -0.2) is 38.1 Å². The Morgan fingerprint density at radius 1 is 1.39 bits per heavy atom. The average Bonchev–Trinajstić information content (AvgIpc) is 2.33. The highest BCUT2D eigenvalue weighted by molar-refractivity contribution is 5.24. The molecule has 1 N–H and O–H groups in total. The van der Waals surface area contributed by atoms with Crippen molar-refractivity contribution in [3.8, 4) is 0 Å². The van der Waals surface area contributed by atoms with Crippen molar-refractivity contribution in [2.45, 2.75) is 26.7 Å². The first kappa shape index (κ1) is 15.2. The van der Waals surface area contributed by atoms with Crippen molar-refractivity contribution in [1.29, 1.82) is 0 Å². The van der Waals surface area contributed by atoms with Crippen molar-refractivity contribution in [2.24, 2.45) is 5.92 Å². The van der Waals surface area contributed by atoms with E-state index < -0.39 is 0 Å². The predicted octanol–water partition coefficient (Wildman–Crippen LogP) is 3.00. The molecule has 1 aliphatic heterocycles. The Morgan fingerprint density at radius 3 is 2.78 bits per heavy atom. The number of allylic oxidation sites excluding steroid dienone is 3. The maximum absolute atomic E-state index is 3.87. The van der Waals surface area contributed by atoms with Crippen molar-refractivity contribution in [3.63, 3.8) is 0 Å². The lowest BCUT2D eigenvalue weighted by molar-refractivity contribution is 0.207. The van der Waals surface area contributed by atoms with Crippen LogP contribution in [0.4, 0.5) is 0 Å². The van der Waals surface area contributed by atoms with Crippen LogP contribution >= 0.6 is 0 Å². The molecule has 0 saturated carbocycles. The van der Waals surface area contributed by atoms with Crippen molar-refractivity contribution in [3.05, 3.63) is 36.0 Å². The fraction of sp³-hybridized carbons (Fsp3) is 0.625. The first-order valence-electron chi connectivity index (χ1n) is 6.97. The van der Waals surface area contributed by atoms with E-state index in [-0.39, 0.29) is 0 Å². The van der Waals surface area contributed by atoms with E-state index in [1.54, 1.807) is 0 Å². The zero-order valence-corrected chi connectivity index (χ0v) is 12.2. The molecule has 1 atom stereocenters. The smallest absolute Gasteiger partial charge is 0.0205 e. The van der Waals surface area contributed by atoms with Crippen LogP contribution in [0.3, 0.4) is 0 Å². The third-order valence-corrected chi connectivity index (χ3v) is 3.38. The lowest BCUT2D eigenvalue weighted by Crippen LogP contribution is -2.37. The molecule has 0 bridgehead atoms. The molecule has 1 unspecified atom stereocenters. The van der Waals surface area contributed by atoms with Gasteiger partial charge in [-0.25, -0.2) is 0 Å². The van der Waals surface area contributed by atoms with E-state index in [0.717, 1.165) is 19.0 Å². The van der Waals surface area contributed by atoms with Crippen molar-refractivity contribution < 1.29 is 0 Å². The van der Waals surface area contributed by atoms with E-state index in [1.807, 2.05) is 6.08 Å². The standard InChI is InChI=1S/C16H28N2/c1-5-15(9-8-14(2)3)11-17-12-16-7-6-10-18(4)13-16/h5,8-9,16-17H,1,6-7,10-13H2,2-4H3/b15-9+. The molecule has 1 rings (SSSR count). The van der Waals surface area contributed by atoms with Gasteiger partial charge in [0.15, 0.2) is 0 Å². The van der Waals surface area contributed by atoms with E-state index in [4.69, 9.17) is 0 Å². The Hall–Kier alpha value is -0.860. The minimum absolute atomic E-state index is 0.804. The molecule has 0 radical (unpaired) electrons. The topological polar surface area (TPSA) is 15.3 Å². The zero-order chi connectivity index (χ0) is 13.4. The molecular formula is C16H28N2. The molecule has 1 heterocycles. The second-order valence-electron chi connectivity index (χ2n) is 5.59. The number of piperidine rings is 1. The number of hydrogen-bond donors (Lipinski definition) is 1. The quantitative estimate of drug-likeness (QED) is 0.727. The normalized spacial score (nSPS) is 21.7. The number of nitrogens with zero attached hydrogens (tertiary/aromatic N) is 1. The maximum Gasteiger partial charge on any atom is 0.0205 e. The van der Waals surface area contributed by atoms with E-state index >= 15 is 0 Å². The van der Waals surface area contributed by atoms with Crippen molar-refractivity contribution >= 4 is 0 Å². The summed E-state index contributed by atoms with van der Waals surface area (Å²) in [4.78, 5) is 2.43. The Labute approximate surface area is 112 Å². The maximum atomic E-state index is 3.87. The van der Waals surface area contributed by atoms with Gasteiger partial charge in [-0.3, -0.25) is 0 Å². The summed E-state index contributed by atoms with van der Waals surface area (Å²) >= 11 is 0. The molecule has 1 aliphatic rings. The highest BCUT2D eigenvalue weighted by Gasteiger charge is 2.16. The molecule has 102 valence electrons. The fourth-order valence-corrected chi connectivity index (χ4v) is 2.33. The molecule has 2 heteroatoms. The van der Waals surface area contributed by atoms with Crippen molar-refractivity contribution in [2.75, 3.05) is 33.2 Å². The molecule has 1 saturated heterocycles. The summed E-state index contributed by atoms with van der Waals surface area (Å²) in [7, 11) is 2.22. The molecule has 0 spiro atoms. The van der Waals surface area contributed by atoms with Gasteiger partial charge in [0, 0.05) is 13.1 Å². The second-order valence-corrected chi connectivity index (χ2v) is 5.59. The van der Waals surface area contributed by atoms with Crippen LogP contribution in [0.2, 0.25) is 0 Å².